The van der Waals surface area contributed by atoms with Crippen LogP contribution in [0.25, 0.3) is 0 Å². The Kier molecular flexibility index (Phi) is 3.75. The highest BCUT2D eigenvalue weighted by Crippen LogP contribution is 2.21. The minimum absolute atomic E-state index is 0.150. The maximum atomic E-state index is 12.1. The van der Waals surface area contributed by atoms with E-state index in [9.17, 15) is 8.42 Å². The lowest BCUT2D eigenvalue weighted by atomic mass is 10.4. The van der Waals surface area contributed by atoms with Crippen molar-refractivity contribution in [1.29, 1.82) is 0 Å². The molecule has 1 aromatic carbocycles. The summed E-state index contributed by atoms with van der Waals surface area (Å²) in [6, 6.07) is 9.15. The molecule has 1 N–H and O–H groups in total. The molecule has 0 aliphatic rings. The van der Waals surface area contributed by atoms with Crippen LogP contribution in [0.1, 0.15) is 11.5 Å². The van der Waals surface area contributed by atoms with Gasteiger partial charge in [0, 0.05) is 5.02 Å². The van der Waals surface area contributed by atoms with Crippen LogP contribution < -0.4 is 0 Å². The van der Waals surface area contributed by atoms with Gasteiger partial charge in [-0.1, -0.05) is 17.7 Å². The van der Waals surface area contributed by atoms with E-state index in [0.717, 1.165) is 0 Å². The standard InChI is InChI=1S/C12H11ClO4S/c13-9-2-1-3-12(6-9)18(15,16)8-11-5-4-10(7-14)17-11/h1-6,14H,7-8H2. The van der Waals surface area contributed by atoms with Crippen molar-refractivity contribution in [2.24, 2.45) is 0 Å². The van der Waals surface area contributed by atoms with Gasteiger partial charge < -0.3 is 9.52 Å². The number of furan rings is 1. The van der Waals surface area contributed by atoms with Gasteiger partial charge in [-0.2, -0.15) is 0 Å². The van der Waals surface area contributed by atoms with Crippen molar-refractivity contribution in [1.82, 2.24) is 0 Å². The van der Waals surface area contributed by atoms with Crippen molar-refractivity contribution < 1.29 is 17.9 Å². The van der Waals surface area contributed by atoms with E-state index >= 15 is 0 Å². The van der Waals surface area contributed by atoms with Crippen LogP contribution in [0.2, 0.25) is 5.02 Å². The van der Waals surface area contributed by atoms with Gasteiger partial charge in [0.05, 0.1) is 4.90 Å². The van der Waals surface area contributed by atoms with Crippen LogP contribution in [0.3, 0.4) is 0 Å². The van der Waals surface area contributed by atoms with Gasteiger partial charge in [0.1, 0.15) is 23.9 Å². The van der Waals surface area contributed by atoms with E-state index in [1.807, 2.05) is 0 Å². The van der Waals surface area contributed by atoms with Gasteiger partial charge in [0.15, 0.2) is 9.84 Å². The average molecular weight is 287 g/mol. The van der Waals surface area contributed by atoms with Crippen LogP contribution in [-0.4, -0.2) is 13.5 Å². The monoisotopic (exact) mass is 286 g/mol. The van der Waals surface area contributed by atoms with Crippen molar-refractivity contribution in [3.63, 3.8) is 0 Å². The molecule has 0 saturated carbocycles. The van der Waals surface area contributed by atoms with E-state index in [0.29, 0.717) is 16.5 Å². The van der Waals surface area contributed by atoms with Gasteiger partial charge in [-0.05, 0) is 30.3 Å². The molecule has 0 fully saturated rings. The molecule has 1 heterocycles. The highest BCUT2D eigenvalue weighted by molar-refractivity contribution is 7.90. The molecule has 0 bridgehead atoms. The van der Waals surface area contributed by atoms with E-state index in [1.165, 1.54) is 18.2 Å². The first kappa shape index (κ1) is 13.1. The number of rotatable bonds is 4. The van der Waals surface area contributed by atoms with Gasteiger partial charge in [-0.25, -0.2) is 8.42 Å². The SMILES string of the molecule is O=S(=O)(Cc1ccc(CO)o1)c1cccc(Cl)c1. The second-order valence-electron chi connectivity index (χ2n) is 3.74. The van der Waals surface area contributed by atoms with E-state index in [2.05, 4.69) is 0 Å². The summed E-state index contributed by atoms with van der Waals surface area (Å²) in [5.41, 5.74) is 0. The Balaban J connectivity index is 2.27. The molecule has 0 aliphatic carbocycles. The number of hydrogen-bond acceptors (Lipinski definition) is 4. The van der Waals surface area contributed by atoms with Crippen molar-refractivity contribution in [2.45, 2.75) is 17.3 Å². The fourth-order valence-corrected chi connectivity index (χ4v) is 3.06. The summed E-state index contributed by atoms with van der Waals surface area (Å²) in [5.74, 6) is 0.373. The number of aliphatic hydroxyl groups excluding tert-OH is 1. The Bertz CT molecular complexity index is 646. The zero-order valence-electron chi connectivity index (χ0n) is 9.34. The second kappa shape index (κ2) is 5.14. The van der Waals surface area contributed by atoms with E-state index in [4.69, 9.17) is 21.1 Å². The second-order valence-corrected chi connectivity index (χ2v) is 6.17. The normalized spacial score (nSPS) is 11.7. The smallest absolute Gasteiger partial charge is 0.185 e. The van der Waals surface area contributed by atoms with Crippen molar-refractivity contribution in [3.8, 4) is 0 Å². The third-order valence-electron chi connectivity index (χ3n) is 2.36. The fourth-order valence-electron chi connectivity index (χ4n) is 1.52. The number of hydrogen-bond donors (Lipinski definition) is 1. The largest absolute Gasteiger partial charge is 0.463 e. The summed E-state index contributed by atoms with van der Waals surface area (Å²) in [5, 5.41) is 9.21. The Morgan fingerprint density at radius 3 is 2.50 bits per heavy atom. The Morgan fingerprint density at radius 2 is 1.89 bits per heavy atom. The first-order valence-corrected chi connectivity index (χ1v) is 7.21. The maximum Gasteiger partial charge on any atom is 0.185 e. The lowest BCUT2D eigenvalue weighted by molar-refractivity contribution is 0.244. The maximum absolute atomic E-state index is 12.1. The molecule has 0 saturated heterocycles. The Labute approximate surface area is 110 Å². The molecule has 0 atom stereocenters. The molecule has 0 amide bonds. The molecule has 18 heavy (non-hydrogen) atoms. The Hall–Kier alpha value is -1.30. The summed E-state index contributed by atoms with van der Waals surface area (Å²) in [7, 11) is -3.49. The van der Waals surface area contributed by atoms with Gasteiger partial charge in [0.2, 0.25) is 0 Å². The van der Waals surface area contributed by atoms with Gasteiger partial charge in [-0.3, -0.25) is 0 Å². The highest BCUT2D eigenvalue weighted by atomic mass is 35.5. The number of aliphatic hydroxyl groups is 1. The predicted molar refractivity (Wildman–Crippen MR) is 67.0 cm³/mol. The zero-order chi connectivity index (χ0) is 13.2. The van der Waals surface area contributed by atoms with Gasteiger partial charge in [0.25, 0.3) is 0 Å². The molecule has 96 valence electrons. The van der Waals surface area contributed by atoms with Crippen molar-refractivity contribution in [3.05, 3.63) is 52.9 Å². The fraction of sp³-hybridized carbons (Fsp3) is 0.167. The van der Waals surface area contributed by atoms with Crippen LogP contribution >= 0.6 is 11.6 Å². The van der Waals surface area contributed by atoms with Gasteiger partial charge >= 0.3 is 0 Å². The number of sulfone groups is 1. The summed E-state index contributed by atoms with van der Waals surface area (Å²) < 4.78 is 29.3. The van der Waals surface area contributed by atoms with Gasteiger partial charge in [-0.15, -0.1) is 0 Å². The third kappa shape index (κ3) is 2.93. The highest BCUT2D eigenvalue weighted by Gasteiger charge is 2.17. The first-order chi connectivity index (χ1) is 8.51. The zero-order valence-corrected chi connectivity index (χ0v) is 10.9. The predicted octanol–water partition coefficient (Wildman–Crippen LogP) is 2.40. The van der Waals surface area contributed by atoms with Crippen LogP contribution in [0.4, 0.5) is 0 Å². The minimum atomic E-state index is -3.49. The average Bonchev–Trinajstić information content (AvgIpc) is 2.76. The molecule has 0 unspecified atom stereocenters. The first-order valence-electron chi connectivity index (χ1n) is 5.18. The lowest BCUT2D eigenvalue weighted by Crippen LogP contribution is -2.04. The molecule has 6 heteroatoms. The van der Waals surface area contributed by atoms with Crippen LogP contribution in [0.15, 0.2) is 45.7 Å². The number of benzene rings is 1. The molecule has 0 aliphatic heterocycles. The molecule has 0 radical (unpaired) electrons. The van der Waals surface area contributed by atoms with E-state index in [1.54, 1.807) is 18.2 Å². The summed E-state index contributed by atoms with van der Waals surface area (Å²) >= 11 is 5.76. The summed E-state index contributed by atoms with van der Waals surface area (Å²) in [6.07, 6.45) is 0. The van der Waals surface area contributed by atoms with Crippen molar-refractivity contribution in [2.75, 3.05) is 0 Å². The topological polar surface area (TPSA) is 67.5 Å². The third-order valence-corrected chi connectivity index (χ3v) is 4.23. The molecule has 2 aromatic rings. The quantitative estimate of drug-likeness (QED) is 0.937. The molecule has 2 rings (SSSR count). The van der Waals surface area contributed by atoms with E-state index in [-0.39, 0.29) is 17.3 Å². The summed E-state index contributed by atoms with van der Waals surface area (Å²) in [4.78, 5) is 0.150. The Morgan fingerprint density at radius 1 is 1.17 bits per heavy atom. The number of halogens is 1. The molecular formula is C12H11ClO4S. The van der Waals surface area contributed by atoms with Crippen molar-refractivity contribution >= 4 is 21.4 Å². The summed E-state index contributed by atoms with van der Waals surface area (Å²) in [6.45, 7) is -0.253. The van der Waals surface area contributed by atoms with Crippen LogP contribution in [0, 0.1) is 0 Å². The minimum Gasteiger partial charge on any atom is -0.463 e. The van der Waals surface area contributed by atoms with E-state index < -0.39 is 9.84 Å². The molecule has 0 spiro atoms. The lowest BCUT2D eigenvalue weighted by Gasteiger charge is -2.02. The molecule has 4 nitrogen and oxygen atoms in total. The molecular weight excluding hydrogens is 276 g/mol. The van der Waals surface area contributed by atoms with Crippen LogP contribution in [0.5, 0.6) is 0 Å². The molecule has 1 aromatic heterocycles. The van der Waals surface area contributed by atoms with Crippen LogP contribution in [-0.2, 0) is 22.2 Å².